The highest BCUT2D eigenvalue weighted by atomic mass is 32.1. The number of fused-ring (bicyclic) bond motifs is 1. The van der Waals surface area contributed by atoms with Gasteiger partial charge in [0.2, 0.25) is 0 Å². The molecule has 0 aliphatic rings. The van der Waals surface area contributed by atoms with E-state index in [1.807, 2.05) is 47.7 Å². The van der Waals surface area contributed by atoms with Crippen molar-refractivity contribution in [3.05, 3.63) is 87.5 Å². The fourth-order valence-electron chi connectivity index (χ4n) is 3.47. The molecule has 0 spiro atoms. The molecule has 150 valence electrons. The molecule has 2 aromatic carbocycles. The topological polar surface area (TPSA) is 61.9 Å². The van der Waals surface area contributed by atoms with Crippen molar-refractivity contribution < 1.29 is 4.39 Å². The maximum Gasteiger partial charge on any atom is 0.263 e. The van der Waals surface area contributed by atoms with Gasteiger partial charge >= 0.3 is 0 Å². The first-order chi connectivity index (χ1) is 14.6. The van der Waals surface area contributed by atoms with Crippen LogP contribution in [0.3, 0.4) is 0 Å². The van der Waals surface area contributed by atoms with Crippen LogP contribution < -0.4 is 5.56 Å². The molecule has 0 aliphatic heterocycles. The van der Waals surface area contributed by atoms with E-state index in [4.69, 9.17) is 4.98 Å². The number of nitriles is 1. The molecule has 0 aliphatic carbocycles. The van der Waals surface area contributed by atoms with Gasteiger partial charge in [-0.25, -0.2) is 9.37 Å². The monoisotopic (exact) mass is 418 g/mol. The molecule has 0 radical (unpaired) electrons. The van der Waals surface area contributed by atoms with Gasteiger partial charge in [0.15, 0.2) is 0 Å². The number of rotatable bonds is 6. The molecule has 4 aromatic rings. The van der Waals surface area contributed by atoms with Crippen molar-refractivity contribution in [3.63, 3.8) is 0 Å². The minimum Gasteiger partial charge on any atom is -0.295 e. The standard InChI is InChI=1S/C23H19FN4OS/c1-27(13-17-9-5-6-10-19(17)24)14-20-26-22-21(23(29)28(20)12-11-25)18(15-30-22)16-7-3-2-4-8-16/h2-10,15H,12-14H2,1H3. The van der Waals surface area contributed by atoms with Crippen LogP contribution >= 0.6 is 11.3 Å². The Bertz CT molecular complexity index is 1290. The summed E-state index contributed by atoms with van der Waals surface area (Å²) >= 11 is 1.41. The summed E-state index contributed by atoms with van der Waals surface area (Å²) in [6.45, 7) is 0.599. The van der Waals surface area contributed by atoms with Gasteiger partial charge in [0.1, 0.15) is 23.0 Å². The van der Waals surface area contributed by atoms with Crippen LogP contribution in [0.15, 0.2) is 64.8 Å². The van der Waals surface area contributed by atoms with Crippen molar-refractivity contribution in [1.29, 1.82) is 5.26 Å². The predicted molar refractivity (Wildman–Crippen MR) is 117 cm³/mol. The molecule has 2 aromatic heterocycles. The Kier molecular flexibility index (Phi) is 5.70. The normalized spacial score (nSPS) is 11.1. The average molecular weight is 418 g/mol. The fourth-order valence-corrected chi connectivity index (χ4v) is 4.42. The van der Waals surface area contributed by atoms with Gasteiger partial charge < -0.3 is 0 Å². The summed E-state index contributed by atoms with van der Waals surface area (Å²) in [6.07, 6.45) is 0. The number of thiophene rings is 1. The zero-order valence-corrected chi connectivity index (χ0v) is 17.2. The molecule has 4 rings (SSSR count). The third-order valence-electron chi connectivity index (χ3n) is 4.90. The Balaban J connectivity index is 1.73. The van der Waals surface area contributed by atoms with Crippen molar-refractivity contribution in [1.82, 2.24) is 14.5 Å². The summed E-state index contributed by atoms with van der Waals surface area (Å²) in [5.74, 6) is 0.224. The molecule has 0 atom stereocenters. The second-order valence-corrected chi connectivity index (χ2v) is 7.89. The second-order valence-electron chi connectivity index (χ2n) is 7.04. The van der Waals surface area contributed by atoms with Gasteiger partial charge in [-0.1, -0.05) is 48.5 Å². The van der Waals surface area contributed by atoms with E-state index in [0.29, 0.717) is 34.7 Å². The summed E-state index contributed by atoms with van der Waals surface area (Å²) in [7, 11) is 1.84. The van der Waals surface area contributed by atoms with Gasteiger partial charge in [0.05, 0.1) is 18.0 Å². The Morgan fingerprint density at radius 3 is 2.60 bits per heavy atom. The highest BCUT2D eigenvalue weighted by Gasteiger charge is 2.18. The van der Waals surface area contributed by atoms with Crippen molar-refractivity contribution in [2.45, 2.75) is 19.6 Å². The first-order valence-electron chi connectivity index (χ1n) is 9.43. The summed E-state index contributed by atoms with van der Waals surface area (Å²) in [6, 6.07) is 18.3. The lowest BCUT2D eigenvalue weighted by Crippen LogP contribution is -2.29. The fraction of sp³-hybridized carbons (Fsp3) is 0.174. The van der Waals surface area contributed by atoms with Crippen LogP contribution in [0.1, 0.15) is 11.4 Å². The number of benzene rings is 2. The van der Waals surface area contributed by atoms with Crippen LogP contribution in [0.25, 0.3) is 21.3 Å². The Labute approximate surface area is 177 Å². The number of hydrogen-bond acceptors (Lipinski definition) is 5. The quantitative estimate of drug-likeness (QED) is 0.465. The second kappa shape index (κ2) is 8.57. The molecular formula is C23H19FN4OS. The van der Waals surface area contributed by atoms with Crippen molar-refractivity contribution in [3.8, 4) is 17.2 Å². The van der Waals surface area contributed by atoms with Crippen molar-refractivity contribution in [2.24, 2.45) is 0 Å². The molecule has 0 saturated heterocycles. The number of nitrogens with zero attached hydrogens (tertiary/aromatic N) is 4. The van der Waals surface area contributed by atoms with Crippen LogP contribution in [-0.4, -0.2) is 21.5 Å². The number of aromatic nitrogens is 2. The molecule has 30 heavy (non-hydrogen) atoms. The number of hydrogen-bond donors (Lipinski definition) is 0. The Hall–Kier alpha value is -3.34. The summed E-state index contributed by atoms with van der Waals surface area (Å²) in [5, 5.41) is 11.7. The van der Waals surface area contributed by atoms with Crippen LogP contribution in [0.4, 0.5) is 4.39 Å². The van der Waals surface area contributed by atoms with Gasteiger partial charge in [-0.05, 0) is 18.7 Å². The maximum absolute atomic E-state index is 14.0. The maximum atomic E-state index is 14.0. The SMILES string of the molecule is CN(Cc1ccccc1F)Cc1nc2scc(-c3ccccc3)c2c(=O)n1CC#N. The van der Waals surface area contributed by atoms with E-state index in [2.05, 4.69) is 6.07 Å². The van der Waals surface area contributed by atoms with E-state index in [0.717, 1.165) is 11.1 Å². The van der Waals surface area contributed by atoms with Crippen LogP contribution in [-0.2, 0) is 19.6 Å². The van der Waals surface area contributed by atoms with E-state index in [1.165, 1.54) is 22.0 Å². The first kappa shape index (κ1) is 20.0. The van der Waals surface area contributed by atoms with E-state index >= 15 is 0 Å². The molecule has 0 fully saturated rings. The van der Waals surface area contributed by atoms with Crippen molar-refractivity contribution >= 4 is 21.6 Å². The Morgan fingerprint density at radius 1 is 1.13 bits per heavy atom. The molecule has 0 N–H and O–H groups in total. The van der Waals surface area contributed by atoms with Crippen LogP contribution in [0, 0.1) is 17.1 Å². The van der Waals surface area contributed by atoms with Gasteiger partial charge in [0.25, 0.3) is 5.56 Å². The van der Waals surface area contributed by atoms with Gasteiger partial charge in [-0.15, -0.1) is 11.3 Å². The van der Waals surface area contributed by atoms with Gasteiger partial charge in [-0.3, -0.25) is 14.3 Å². The molecule has 0 unspecified atom stereocenters. The lowest BCUT2D eigenvalue weighted by Gasteiger charge is -2.19. The predicted octanol–water partition coefficient (Wildman–Crippen LogP) is 4.42. The minimum atomic E-state index is -0.270. The summed E-state index contributed by atoms with van der Waals surface area (Å²) in [4.78, 5) is 20.5. The largest absolute Gasteiger partial charge is 0.295 e. The zero-order valence-electron chi connectivity index (χ0n) is 16.4. The highest BCUT2D eigenvalue weighted by molar-refractivity contribution is 7.17. The van der Waals surface area contributed by atoms with E-state index in [-0.39, 0.29) is 17.9 Å². The lowest BCUT2D eigenvalue weighted by molar-refractivity contribution is 0.299. The van der Waals surface area contributed by atoms with Gasteiger partial charge in [0, 0.05) is 23.1 Å². The lowest BCUT2D eigenvalue weighted by atomic mass is 10.1. The van der Waals surface area contributed by atoms with Crippen LogP contribution in [0.2, 0.25) is 0 Å². The molecule has 7 heteroatoms. The zero-order chi connectivity index (χ0) is 21.1. The molecular weight excluding hydrogens is 399 g/mol. The first-order valence-corrected chi connectivity index (χ1v) is 10.3. The van der Waals surface area contributed by atoms with Crippen LogP contribution in [0.5, 0.6) is 0 Å². The minimum absolute atomic E-state index is 0.0886. The third kappa shape index (κ3) is 3.88. The van der Waals surface area contributed by atoms with E-state index in [1.54, 1.807) is 18.2 Å². The smallest absolute Gasteiger partial charge is 0.263 e. The van der Waals surface area contributed by atoms with E-state index in [9.17, 15) is 14.4 Å². The van der Waals surface area contributed by atoms with Gasteiger partial charge in [-0.2, -0.15) is 5.26 Å². The third-order valence-corrected chi connectivity index (χ3v) is 5.77. The summed E-state index contributed by atoms with van der Waals surface area (Å²) in [5.41, 5.74) is 2.11. The average Bonchev–Trinajstić information content (AvgIpc) is 3.17. The highest BCUT2D eigenvalue weighted by Crippen LogP contribution is 2.31. The Morgan fingerprint density at radius 2 is 1.87 bits per heavy atom. The molecule has 0 bridgehead atoms. The molecule has 2 heterocycles. The van der Waals surface area contributed by atoms with Crippen molar-refractivity contribution in [2.75, 3.05) is 7.05 Å². The molecule has 0 amide bonds. The number of halogens is 1. The molecule has 5 nitrogen and oxygen atoms in total. The summed E-state index contributed by atoms with van der Waals surface area (Å²) < 4.78 is 15.4. The molecule has 0 saturated carbocycles. The van der Waals surface area contributed by atoms with E-state index < -0.39 is 0 Å².